The maximum absolute atomic E-state index is 12.9. The van der Waals surface area contributed by atoms with E-state index >= 15 is 0 Å². The molecule has 2 aromatic carbocycles. The van der Waals surface area contributed by atoms with Crippen LogP contribution >= 0.6 is 11.6 Å². The van der Waals surface area contributed by atoms with Crippen LogP contribution in [0.4, 0.5) is 0 Å². The van der Waals surface area contributed by atoms with E-state index in [9.17, 15) is 9.59 Å². The van der Waals surface area contributed by atoms with Gasteiger partial charge < -0.3 is 9.88 Å². The van der Waals surface area contributed by atoms with Crippen LogP contribution < -0.4 is 5.56 Å². The second-order valence-electron chi connectivity index (χ2n) is 8.19. The molecule has 5 nitrogen and oxygen atoms in total. The van der Waals surface area contributed by atoms with Crippen LogP contribution in [0.3, 0.4) is 0 Å². The molecule has 2 aliphatic rings. The van der Waals surface area contributed by atoms with Crippen molar-refractivity contribution in [2.24, 2.45) is 0 Å². The molecule has 1 aliphatic heterocycles. The third-order valence-corrected chi connectivity index (χ3v) is 6.41. The van der Waals surface area contributed by atoms with Crippen molar-refractivity contribution in [2.75, 3.05) is 6.54 Å². The molecule has 1 saturated carbocycles. The summed E-state index contributed by atoms with van der Waals surface area (Å²) in [6.07, 6.45) is 5.82. The van der Waals surface area contributed by atoms with E-state index in [1.54, 1.807) is 23.1 Å². The predicted molar refractivity (Wildman–Crippen MR) is 121 cm³/mol. The largest absolute Gasteiger partial charge is 0.334 e. The number of amides is 1. The lowest BCUT2D eigenvalue weighted by Crippen LogP contribution is -2.39. The summed E-state index contributed by atoms with van der Waals surface area (Å²) in [5.74, 6) is 0.625. The van der Waals surface area contributed by atoms with Crippen molar-refractivity contribution in [1.82, 2.24) is 14.9 Å². The Balaban J connectivity index is 1.36. The summed E-state index contributed by atoms with van der Waals surface area (Å²) in [5.41, 5.74) is 3.13. The van der Waals surface area contributed by atoms with Crippen molar-refractivity contribution in [1.29, 1.82) is 0 Å². The number of H-pyrrole nitrogens is 1. The molecule has 6 heteroatoms. The summed E-state index contributed by atoms with van der Waals surface area (Å²) in [5, 5.41) is 0.624. The van der Waals surface area contributed by atoms with Gasteiger partial charge in [-0.3, -0.25) is 9.59 Å². The highest BCUT2D eigenvalue weighted by Gasteiger charge is 2.48. The molecule has 0 saturated heterocycles. The summed E-state index contributed by atoms with van der Waals surface area (Å²) in [4.78, 5) is 35.1. The molecule has 31 heavy (non-hydrogen) atoms. The number of halogens is 1. The van der Waals surface area contributed by atoms with Crippen molar-refractivity contribution in [3.63, 3.8) is 0 Å². The second-order valence-corrected chi connectivity index (χ2v) is 8.62. The van der Waals surface area contributed by atoms with Gasteiger partial charge in [-0.05, 0) is 42.2 Å². The number of benzene rings is 2. The molecule has 0 spiro atoms. The zero-order chi connectivity index (χ0) is 21.4. The van der Waals surface area contributed by atoms with Crippen molar-refractivity contribution in [3.05, 3.63) is 104 Å². The summed E-state index contributed by atoms with van der Waals surface area (Å²) >= 11 is 6.00. The van der Waals surface area contributed by atoms with Crippen LogP contribution in [0.25, 0.3) is 6.08 Å². The average Bonchev–Trinajstić information content (AvgIpc) is 3.60. The Morgan fingerprint density at radius 2 is 1.94 bits per heavy atom. The molecular formula is C25H22ClN3O2. The number of carbonyl (C=O) groups is 1. The van der Waals surface area contributed by atoms with E-state index in [0.717, 1.165) is 29.9 Å². The first-order valence-electron chi connectivity index (χ1n) is 10.5. The van der Waals surface area contributed by atoms with Gasteiger partial charge in [0.25, 0.3) is 5.56 Å². The van der Waals surface area contributed by atoms with E-state index in [0.29, 0.717) is 23.6 Å². The molecule has 0 unspecified atom stereocenters. The number of carbonyl (C=O) groups excluding carboxylic acids is 1. The highest BCUT2D eigenvalue weighted by atomic mass is 35.5. The van der Waals surface area contributed by atoms with Gasteiger partial charge in [0.05, 0.1) is 23.2 Å². The first-order valence-corrected chi connectivity index (χ1v) is 10.8. The fraction of sp³-hybridized carbons (Fsp3) is 0.240. The van der Waals surface area contributed by atoms with Crippen LogP contribution in [0.5, 0.6) is 0 Å². The fourth-order valence-corrected chi connectivity index (χ4v) is 4.47. The normalized spacial score (nSPS) is 16.9. The molecule has 0 radical (unpaired) electrons. The number of aromatic amines is 1. The smallest absolute Gasteiger partial charge is 0.256 e. The standard InChI is InChI=1S/C25H22ClN3O2/c26-19-8-4-5-17(15-19)9-10-22(30)29-14-11-21-20(16-29)23(31)28-24(27-21)25(12-13-25)18-6-2-1-3-7-18/h1-10,15H,11-14,16H2,(H,27,28,31)/b10-9+. The number of hydrogen-bond acceptors (Lipinski definition) is 3. The maximum Gasteiger partial charge on any atom is 0.256 e. The van der Waals surface area contributed by atoms with Crippen LogP contribution in [0.2, 0.25) is 5.02 Å². The van der Waals surface area contributed by atoms with Crippen LogP contribution in [-0.2, 0) is 23.2 Å². The Morgan fingerprint density at radius 3 is 2.68 bits per heavy atom. The van der Waals surface area contributed by atoms with Crippen molar-refractivity contribution < 1.29 is 4.79 Å². The third kappa shape index (κ3) is 3.81. The monoisotopic (exact) mass is 431 g/mol. The third-order valence-electron chi connectivity index (χ3n) is 6.18. The minimum absolute atomic E-state index is 0.128. The van der Waals surface area contributed by atoms with Gasteiger partial charge in [-0.15, -0.1) is 0 Å². The highest BCUT2D eigenvalue weighted by Crippen LogP contribution is 2.51. The highest BCUT2D eigenvalue weighted by molar-refractivity contribution is 6.30. The zero-order valence-electron chi connectivity index (χ0n) is 17.0. The van der Waals surface area contributed by atoms with E-state index in [-0.39, 0.29) is 23.4 Å². The second kappa shape index (κ2) is 7.82. The summed E-state index contributed by atoms with van der Waals surface area (Å²) in [7, 11) is 0. The van der Waals surface area contributed by atoms with Crippen LogP contribution in [0, 0.1) is 0 Å². The SMILES string of the molecule is O=C(/C=C/c1cccc(Cl)c1)N1CCc2nc(C3(c4ccccc4)CC3)[nH]c(=O)c2C1. The molecule has 1 amide bonds. The van der Waals surface area contributed by atoms with Gasteiger partial charge in [-0.1, -0.05) is 54.1 Å². The predicted octanol–water partition coefficient (Wildman–Crippen LogP) is 4.10. The van der Waals surface area contributed by atoms with Gasteiger partial charge in [0.1, 0.15) is 5.82 Å². The van der Waals surface area contributed by atoms with Gasteiger partial charge in [-0.2, -0.15) is 0 Å². The first-order chi connectivity index (χ1) is 15.0. The van der Waals surface area contributed by atoms with E-state index in [1.807, 2.05) is 30.3 Å². The minimum atomic E-state index is -0.178. The molecule has 1 aliphatic carbocycles. The Bertz CT molecular complexity index is 1230. The quantitative estimate of drug-likeness (QED) is 0.632. The number of nitrogens with one attached hydrogen (secondary N) is 1. The van der Waals surface area contributed by atoms with E-state index in [4.69, 9.17) is 16.6 Å². The number of nitrogens with zero attached hydrogens (tertiary/aromatic N) is 2. The maximum atomic E-state index is 12.9. The van der Waals surface area contributed by atoms with E-state index < -0.39 is 0 Å². The number of hydrogen-bond donors (Lipinski definition) is 1. The molecule has 3 aromatic rings. The van der Waals surface area contributed by atoms with Crippen LogP contribution in [0.15, 0.2) is 65.5 Å². The Kier molecular flexibility index (Phi) is 4.98. The molecular weight excluding hydrogens is 410 g/mol. The summed E-state index contributed by atoms with van der Waals surface area (Å²) in [6.45, 7) is 0.814. The fourth-order valence-electron chi connectivity index (χ4n) is 4.27. The van der Waals surface area contributed by atoms with Gasteiger partial charge in [0.2, 0.25) is 5.91 Å². The van der Waals surface area contributed by atoms with Gasteiger partial charge >= 0.3 is 0 Å². The topological polar surface area (TPSA) is 66.1 Å². The van der Waals surface area contributed by atoms with Crippen molar-refractivity contribution in [3.8, 4) is 0 Å². The summed E-state index contributed by atoms with van der Waals surface area (Å²) < 4.78 is 0. The van der Waals surface area contributed by atoms with Crippen LogP contribution in [-0.4, -0.2) is 27.3 Å². The number of fused-ring (bicyclic) bond motifs is 1. The zero-order valence-corrected chi connectivity index (χ0v) is 17.7. The van der Waals surface area contributed by atoms with Gasteiger partial charge in [-0.25, -0.2) is 4.98 Å². The van der Waals surface area contributed by atoms with E-state index in [1.165, 1.54) is 11.6 Å². The Hall–Kier alpha value is -3.18. The molecule has 1 N–H and O–H groups in total. The molecule has 1 aromatic heterocycles. The van der Waals surface area contributed by atoms with Crippen molar-refractivity contribution >= 4 is 23.6 Å². The van der Waals surface area contributed by atoms with Crippen molar-refractivity contribution in [2.45, 2.75) is 31.2 Å². The average molecular weight is 432 g/mol. The lowest BCUT2D eigenvalue weighted by Gasteiger charge is -2.27. The minimum Gasteiger partial charge on any atom is -0.334 e. The molecule has 0 bridgehead atoms. The summed E-state index contributed by atoms with van der Waals surface area (Å²) in [6, 6.07) is 17.5. The number of rotatable bonds is 4. The van der Waals surface area contributed by atoms with Crippen LogP contribution in [0.1, 0.15) is 41.1 Å². The van der Waals surface area contributed by atoms with E-state index in [2.05, 4.69) is 17.1 Å². The molecule has 0 atom stereocenters. The number of aromatic nitrogens is 2. The van der Waals surface area contributed by atoms with Gasteiger partial charge in [0, 0.05) is 24.1 Å². The first kappa shape index (κ1) is 19.8. The molecule has 1 fully saturated rings. The lowest BCUT2D eigenvalue weighted by molar-refractivity contribution is -0.126. The Morgan fingerprint density at radius 1 is 1.13 bits per heavy atom. The molecule has 5 rings (SSSR count). The molecule has 2 heterocycles. The Labute approximate surface area is 185 Å². The molecule has 156 valence electrons. The lowest BCUT2D eigenvalue weighted by atomic mass is 9.94. The van der Waals surface area contributed by atoms with Gasteiger partial charge in [0.15, 0.2) is 0 Å².